The predicted molar refractivity (Wildman–Crippen MR) is 79.4 cm³/mol. The summed E-state index contributed by atoms with van der Waals surface area (Å²) in [6.07, 6.45) is 4.47. The minimum atomic E-state index is 0.170. The van der Waals surface area contributed by atoms with Gasteiger partial charge in [-0.15, -0.1) is 0 Å². The molecule has 0 saturated heterocycles. The number of hydrogen-bond acceptors (Lipinski definition) is 3. The fourth-order valence-electron chi connectivity index (χ4n) is 2.03. The standard InChI is InChI=1S/C14H18BrN3O/c1-3-16-13(14-17-6-7-18-14)9-10-8-11(19-2)4-5-12(10)15/h4-8,13,16H,3,9H2,1-2H3,(H,17,18). The highest BCUT2D eigenvalue weighted by Gasteiger charge is 2.15. The number of imidazole rings is 1. The summed E-state index contributed by atoms with van der Waals surface area (Å²) in [5, 5.41) is 3.44. The molecule has 0 aliphatic carbocycles. The zero-order valence-corrected chi connectivity index (χ0v) is 12.7. The molecule has 0 amide bonds. The lowest BCUT2D eigenvalue weighted by molar-refractivity contribution is 0.413. The van der Waals surface area contributed by atoms with Gasteiger partial charge < -0.3 is 15.0 Å². The Morgan fingerprint density at radius 2 is 2.32 bits per heavy atom. The second-order valence-electron chi connectivity index (χ2n) is 4.25. The van der Waals surface area contributed by atoms with Crippen LogP contribution in [0.1, 0.15) is 24.4 Å². The number of methoxy groups -OCH3 is 1. The Balaban J connectivity index is 2.21. The van der Waals surface area contributed by atoms with Crippen molar-refractivity contribution in [3.8, 4) is 5.75 Å². The Morgan fingerprint density at radius 1 is 1.47 bits per heavy atom. The van der Waals surface area contributed by atoms with E-state index >= 15 is 0 Å². The summed E-state index contributed by atoms with van der Waals surface area (Å²) in [4.78, 5) is 7.51. The molecule has 1 aromatic heterocycles. The number of benzene rings is 1. The molecule has 102 valence electrons. The number of aromatic amines is 1. The van der Waals surface area contributed by atoms with Crippen LogP contribution in [0.3, 0.4) is 0 Å². The van der Waals surface area contributed by atoms with E-state index in [-0.39, 0.29) is 6.04 Å². The Labute approximate surface area is 121 Å². The summed E-state index contributed by atoms with van der Waals surface area (Å²) in [7, 11) is 1.68. The Hall–Kier alpha value is -1.33. The second kappa shape index (κ2) is 6.73. The monoisotopic (exact) mass is 323 g/mol. The fraction of sp³-hybridized carbons (Fsp3) is 0.357. The highest BCUT2D eigenvalue weighted by Crippen LogP contribution is 2.26. The van der Waals surface area contributed by atoms with E-state index in [1.54, 1.807) is 13.3 Å². The van der Waals surface area contributed by atoms with Gasteiger partial charge in [-0.25, -0.2) is 4.98 Å². The van der Waals surface area contributed by atoms with Crippen molar-refractivity contribution in [2.24, 2.45) is 0 Å². The molecule has 1 heterocycles. The number of nitrogens with zero attached hydrogens (tertiary/aromatic N) is 1. The highest BCUT2D eigenvalue weighted by molar-refractivity contribution is 9.10. The van der Waals surface area contributed by atoms with E-state index in [0.717, 1.165) is 29.0 Å². The lowest BCUT2D eigenvalue weighted by Crippen LogP contribution is -2.24. The minimum absolute atomic E-state index is 0.170. The molecule has 0 bridgehead atoms. The average molecular weight is 324 g/mol. The maximum Gasteiger partial charge on any atom is 0.123 e. The Morgan fingerprint density at radius 3 is 2.95 bits per heavy atom. The molecule has 4 nitrogen and oxygen atoms in total. The molecule has 5 heteroatoms. The van der Waals surface area contributed by atoms with Crippen LogP contribution in [0.2, 0.25) is 0 Å². The van der Waals surface area contributed by atoms with Crippen molar-refractivity contribution in [1.82, 2.24) is 15.3 Å². The lowest BCUT2D eigenvalue weighted by atomic mass is 10.0. The zero-order valence-electron chi connectivity index (χ0n) is 11.1. The topological polar surface area (TPSA) is 49.9 Å². The number of nitrogens with one attached hydrogen (secondary N) is 2. The molecule has 1 atom stereocenters. The molecule has 2 aromatic rings. The third kappa shape index (κ3) is 3.58. The summed E-state index contributed by atoms with van der Waals surface area (Å²) >= 11 is 3.59. The molecule has 0 spiro atoms. The van der Waals surface area contributed by atoms with Crippen LogP contribution in [0.5, 0.6) is 5.75 Å². The molecule has 2 rings (SSSR count). The number of H-pyrrole nitrogens is 1. The van der Waals surface area contributed by atoms with Crippen LogP contribution in [-0.2, 0) is 6.42 Å². The first-order valence-corrected chi connectivity index (χ1v) is 7.09. The maximum absolute atomic E-state index is 5.28. The predicted octanol–water partition coefficient (Wildman–Crippen LogP) is 3.07. The first-order valence-electron chi connectivity index (χ1n) is 6.29. The SMILES string of the molecule is CCNC(Cc1cc(OC)ccc1Br)c1ncc[nH]1. The van der Waals surface area contributed by atoms with Crippen LogP contribution < -0.4 is 10.1 Å². The molecule has 1 aromatic carbocycles. The largest absolute Gasteiger partial charge is 0.497 e. The van der Waals surface area contributed by atoms with Gasteiger partial charge in [0.05, 0.1) is 13.2 Å². The minimum Gasteiger partial charge on any atom is -0.497 e. The van der Waals surface area contributed by atoms with Gasteiger partial charge in [0.1, 0.15) is 11.6 Å². The third-order valence-electron chi connectivity index (χ3n) is 2.98. The molecular weight excluding hydrogens is 306 g/mol. The van der Waals surface area contributed by atoms with Gasteiger partial charge in [0, 0.05) is 16.9 Å². The van der Waals surface area contributed by atoms with Gasteiger partial charge >= 0.3 is 0 Å². The molecule has 0 aliphatic rings. The van der Waals surface area contributed by atoms with E-state index < -0.39 is 0 Å². The zero-order chi connectivity index (χ0) is 13.7. The maximum atomic E-state index is 5.28. The van der Waals surface area contributed by atoms with Crippen molar-refractivity contribution < 1.29 is 4.74 Å². The Kier molecular flexibility index (Phi) is 4.99. The van der Waals surface area contributed by atoms with Gasteiger partial charge in [-0.1, -0.05) is 22.9 Å². The molecule has 1 unspecified atom stereocenters. The summed E-state index contributed by atoms with van der Waals surface area (Å²) < 4.78 is 6.36. The number of ether oxygens (including phenoxy) is 1. The quantitative estimate of drug-likeness (QED) is 0.858. The van der Waals surface area contributed by atoms with E-state index in [1.165, 1.54) is 5.56 Å². The van der Waals surface area contributed by atoms with Crippen molar-refractivity contribution in [3.05, 3.63) is 46.5 Å². The van der Waals surface area contributed by atoms with Crippen molar-refractivity contribution >= 4 is 15.9 Å². The van der Waals surface area contributed by atoms with Crippen molar-refractivity contribution in [3.63, 3.8) is 0 Å². The highest BCUT2D eigenvalue weighted by atomic mass is 79.9. The average Bonchev–Trinajstić information content (AvgIpc) is 2.94. The first kappa shape index (κ1) is 14.1. The van der Waals surface area contributed by atoms with E-state index in [0.29, 0.717) is 0 Å². The fourth-order valence-corrected chi connectivity index (χ4v) is 2.44. The first-order chi connectivity index (χ1) is 9.24. The van der Waals surface area contributed by atoms with Crippen LogP contribution in [0, 0.1) is 0 Å². The van der Waals surface area contributed by atoms with Gasteiger partial charge in [0.15, 0.2) is 0 Å². The number of hydrogen-bond donors (Lipinski definition) is 2. The van der Waals surface area contributed by atoms with E-state index in [1.807, 2.05) is 18.3 Å². The van der Waals surface area contributed by atoms with Crippen LogP contribution in [0.15, 0.2) is 35.1 Å². The number of rotatable bonds is 6. The summed E-state index contributed by atoms with van der Waals surface area (Å²) in [5.74, 6) is 1.82. The van der Waals surface area contributed by atoms with Crippen molar-refractivity contribution in [2.75, 3.05) is 13.7 Å². The number of halogens is 1. The van der Waals surface area contributed by atoms with Crippen LogP contribution in [0.4, 0.5) is 0 Å². The Bertz CT molecular complexity index is 513. The van der Waals surface area contributed by atoms with E-state index in [2.05, 4.69) is 44.2 Å². The van der Waals surface area contributed by atoms with Gasteiger partial charge in [-0.05, 0) is 36.7 Å². The van der Waals surface area contributed by atoms with Gasteiger partial charge in [-0.2, -0.15) is 0 Å². The molecule has 0 aliphatic heterocycles. The molecule has 0 fully saturated rings. The molecular formula is C14H18BrN3O. The summed E-state index contributed by atoms with van der Waals surface area (Å²) in [5.41, 5.74) is 1.20. The van der Waals surface area contributed by atoms with Crippen molar-refractivity contribution in [2.45, 2.75) is 19.4 Å². The normalized spacial score (nSPS) is 12.4. The number of aromatic nitrogens is 2. The van der Waals surface area contributed by atoms with E-state index in [9.17, 15) is 0 Å². The number of likely N-dealkylation sites (N-methyl/N-ethyl adjacent to an activating group) is 1. The second-order valence-corrected chi connectivity index (χ2v) is 5.10. The van der Waals surface area contributed by atoms with E-state index in [4.69, 9.17) is 4.74 Å². The lowest BCUT2D eigenvalue weighted by Gasteiger charge is -2.17. The smallest absolute Gasteiger partial charge is 0.123 e. The molecule has 2 N–H and O–H groups in total. The molecule has 0 saturated carbocycles. The summed E-state index contributed by atoms with van der Waals surface area (Å²) in [6.45, 7) is 2.99. The van der Waals surface area contributed by atoms with Crippen LogP contribution >= 0.6 is 15.9 Å². The van der Waals surface area contributed by atoms with Crippen molar-refractivity contribution in [1.29, 1.82) is 0 Å². The molecule has 19 heavy (non-hydrogen) atoms. The van der Waals surface area contributed by atoms with Gasteiger partial charge in [0.2, 0.25) is 0 Å². The molecule has 0 radical (unpaired) electrons. The van der Waals surface area contributed by atoms with Gasteiger partial charge in [-0.3, -0.25) is 0 Å². The summed E-state index contributed by atoms with van der Waals surface area (Å²) in [6, 6.07) is 6.18. The third-order valence-corrected chi connectivity index (χ3v) is 3.75. The van der Waals surface area contributed by atoms with Gasteiger partial charge in [0.25, 0.3) is 0 Å². The van der Waals surface area contributed by atoms with Crippen LogP contribution in [0.25, 0.3) is 0 Å². The van der Waals surface area contributed by atoms with Crippen LogP contribution in [-0.4, -0.2) is 23.6 Å².